The second-order valence-corrected chi connectivity index (χ2v) is 6.29. The average molecular weight is 299 g/mol. The summed E-state index contributed by atoms with van der Waals surface area (Å²) in [5, 5.41) is 11.6. The highest BCUT2D eigenvalue weighted by Crippen LogP contribution is 2.21. The molecule has 1 saturated heterocycles. The molecule has 1 aliphatic rings. The molecule has 22 heavy (non-hydrogen) atoms. The number of nitrogens with one attached hydrogen (secondary N) is 1. The lowest BCUT2D eigenvalue weighted by Gasteiger charge is -2.30. The number of carbonyl (C=O) groups is 1. The van der Waals surface area contributed by atoms with Gasteiger partial charge in [-0.05, 0) is 49.5 Å². The van der Waals surface area contributed by atoms with Gasteiger partial charge < -0.3 is 10.2 Å². The largest absolute Gasteiger partial charge is 0.326 e. The predicted molar refractivity (Wildman–Crippen MR) is 88.6 cm³/mol. The molecular weight excluding hydrogens is 274 g/mol. The van der Waals surface area contributed by atoms with Crippen LogP contribution in [-0.2, 0) is 4.79 Å². The van der Waals surface area contributed by atoms with Crippen LogP contribution in [0, 0.1) is 17.2 Å². The molecule has 1 aromatic carbocycles. The fraction of sp³-hybridized carbons (Fsp3) is 0.556. The topological polar surface area (TPSA) is 56.1 Å². The second-order valence-electron chi connectivity index (χ2n) is 6.29. The van der Waals surface area contributed by atoms with E-state index in [4.69, 9.17) is 5.26 Å². The van der Waals surface area contributed by atoms with Crippen LogP contribution >= 0.6 is 0 Å². The maximum atomic E-state index is 12.3. The van der Waals surface area contributed by atoms with E-state index in [1.54, 1.807) is 0 Å². The van der Waals surface area contributed by atoms with Crippen LogP contribution in [0.25, 0.3) is 0 Å². The number of hydrogen-bond donors (Lipinski definition) is 1. The molecule has 118 valence electrons. The summed E-state index contributed by atoms with van der Waals surface area (Å²) >= 11 is 0. The molecule has 1 amide bonds. The first-order valence-corrected chi connectivity index (χ1v) is 8.10. The van der Waals surface area contributed by atoms with Gasteiger partial charge in [0.05, 0.1) is 6.07 Å². The SMILES string of the molecule is CC(C)c1ccc(NC(=O)C2CCN(CCC#N)CC2)cc1. The van der Waals surface area contributed by atoms with Gasteiger partial charge >= 0.3 is 0 Å². The number of rotatable bonds is 5. The number of likely N-dealkylation sites (tertiary alicyclic amines) is 1. The van der Waals surface area contributed by atoms with Crippen molar-refractivity contribution in [2.24, 2.45) is 5.92 Å². The molecule has 4 heteroatoms. The number of carbonyl (C=O) groups excluding carboxylic acids is 1. The minimum absolute atomic E-state index is 0.0862. The van der Waals surface area contributed by atoms with E-state index < -0.39 is 0 Å². The first-order chi connectivity index (χ1) is 10.6. The fourth-order valence-corrected chi connectivity index (χ4v) is 2.82. The molecule has 0 radical (unpaired) electrons. The Bertz CT molecular complexity index is 522. The highest BCUT2D eigenvalue weighted by molar-refractivity contribution is 5.92. The van der Waals surface area contributed by atoms with Crippen LogP contribution in [0.3, 0.4) is 0 Å². The van der Waals surface area contributed by atoms with Gasteiger partial charge in [0.1, 0.15) is 0 Å². The Balaban J connectivity index is 1.82. The lowest BCUT2D eigenvalue weighted by atomic mass is 9.95. The molecule has 1 N–H and O–H groups in total. The first-order valence-electron chi connectivity index (χ1n) is 8.10. The summed E-state index contributed by atoms with van der Waals surface area (Å²) in [6.45, 7) is 6.96. The van der Waals surface area contributed by atoms with Crippen LogP contribution in [0.15, 0.2) is 24.3 Å². The van der Waals surface area contributed by atoms with Gasteiger partial charge in [0.25, 0.3) is 0 Å². The molecule has 1 fully saturated rings. The lowest BCUT2D eigenvalue weighted by Crippen LogP contribution is -2.38. The third kappa shape index (κ3) is 4.57. The number of nitrogens with zero attached hydrogens (tertiary/aromatic N) is 2. The van der Waals surface area contributed by atoms with E-state index in [-0.39, 0.29) is 11.8 Å². The molecule has 1 heterocycles. The van der Waals surface area contributed by atoms with Gasteiger partial charge in [0.2, 0.25) is 5.91 Å². The monoisotopic (exact) mass is 299 g/mol. The molecule has 0 atom stereocenters. The van der Waals surface area contributed by atoms with Crippen LogP contribution in [0.1, 0.15) is 44.6 Å². The van der Waals surface area contributed by atoms with Crippen molar-refractivity contribution >= 4 is 11.6 Å². The molecule has 1 aromatic rings. The number of benzene rings is 1. The molecule has 0 saturated carbocycles. The first kappa shape index (κ1) is 16.5. The van der Waals surface area contributed by atoms with Crippen molar-refractivity contribution < 1.29 is 4.79 Å². The molecule has 1 aliphatic heterocycles. The molecule has 0 spiro atoms. The molecule has 0 bridgehead atoms. The van der Waals surface area contributed by atoms with Crippen LogP contribution < -0.4 is 5.32 Å². The van der Waals surface area contributed by atoms with Crippen molar-refractivity contribution in [3.63, 3.8) is 0 Å². The van der Waals surface area contributed by atoms with E-state index in [1.807, 2.05) is 12.1 Å². The van der Waals surface area contributed by atoms with Gasteiger partial charge in [-0.2, -0.15) is 5.26 Å². The summed E-state index contributed by atoms with van der Waals surface area (Å²) in [6.07, 6.45) is 2.32. The third-order valence-electron chi connectivity index (χ3n) is 4.34. The fourth-order valence-electron chi connectivity index (χ4n) is 2.82. The van der Waals surface area contributed by atoms with Crippen molar-refractivity contribution in [2.45, 2.75) is 39.0 Å². The second kappa shape index (κ2) is 7.95. The quantitative estimate of drug-likeness (QED) is 0.907. The van der Waals surface area contributed by atoms with Crippen LogP contribution in [0.4, 0.5) is 5.69 Å². The highest BCUT2D eigenvalue weighted by atomic mass is 16.1. The summed E-state index contributed by atoms with van der Waals surface area (Å²) < 4.78 is 0. The molecule has 0 aliphatic carbocycles. The smallest absolute Gasteiger partial charge is 0.227 e. The van der Waals surface area contributed by atoms with Crippen molar-refractivity contribution in [3.8, 4) is 6.07 Å². The molecule has 4 nitrogen and oxygen atoms in total. The average Bonchev–Trinajstić information content (AvgIpc) is 2.54. The predicted octanol–water partition coefficient (Wildman–Crippen LogP) is 3.37. The summed E-state index contributed by atoms with van der Waals surface area (Å²) in [5.74, 6) is 0.711. The van der Waals surface area contributed by atoms with Gasteiger partial charge in [0.15, 0.2) is 0 Å². The lowest BCUT2D eigenvalue weighted by molar-refractivity contribution is -0.121. The zero-order chi connectivity index (χ0) is 15.9. The standard InChI is InChI=1S/C18H25N3O/c1-14(2)15-4-6-17(7-5-15)20-18(22)16-8-12-21(13-9-16)11-3-10-19/h4-7,14,16H,3,8-9,11-13H2,1-2H3,(H,20,22). The van der Waals surface area contributed by atoms with Crippen molar-refractivity contribution in [1.29, 1.82) is 5.26 Å². The number of nitriles is 1. The zero-order valence-electron chi connectivity index (χ0n) is 13.5. The summed E-state index contributed by atoms with van der Waals surface area (Å²) in [7, 11) is 0. The Labute approximate surface area is 133 Å². The highest BCUT2D eigenvalue weighted by Gasteiger charge is 2.24. The van der Waals surface area contributed by atoms with Crippen molar-refractivity contribution in [2.75, 3.05) is 25.0 Å². The molecule has 0 unspecified atom stereocenters. The summed E-state index contributed by atoms with van der Waals surface area (Å²) in [5.41, 5.74) is 2.16. The minimum Gasteiger partial charge on any atom is -0.326 e. The van der Waals surface area contributed by atoms with Crippen LogP contribution in [0.5, 0.6) is 0 Å². The van der Waals surface area contributed by atoms with Crippen molar-refractivity contribution in [1.82, 2.24) is 4.90 Å². The summed E-state index contributed by atoms with van der Waals surface area (Å²) in [6, 6.07) is 10.3. The Hall–Kier alpha value is -1.86. The Morgan fingerprint density at radius 3 is 2.50 bits per heavy atom. The number of amides is 1. The van der Waals surface area contributed by atoms with Gasteiger partial charge in [-0.1, -0.05) is 26.0 Å². The number of anilines is 1. The van der Waals surface area contributed by atoms with E-state index >= 15 is 0 Å². The third-order valence-corrected chi connectivity index (χ3v) is 4.34. The Morgan fingerprint density at radius 1 is 1.32 bits per heavy atom. The maximum Gasteiger partial charge on any atom is 0.227 e. The minimum atomic E-state index is 0.0862. The van der Waals surface area contributed by atoms with Gasteiger partial charge in [-0.25, -0.2) is 0 Å². The van der Waals surface area contributed by atoms with E-state index in [0.717, 1.165) is 38.2 Å². The number of piperidine rings is 1. The maximum absolute atomic E-state index is 12.3. The van der Waals surface area contributed by atoms with Gasteiger partial charge in [-0.15, -0.1) is 0 Å². The van der Waals surface area contributed by atoms with Gasteiger partial charge in [0, 0.05) is 24.6 Å². The van der Waals surface area contributed by atoms with Crippen LogP contribution in [0.2, 0.25) is 0 Å². The zero-order valence-corrected chi connectivity index (χ0v) is 13.5. The molecule has 0 aromatic heterocycles. The Morgan fingerprint density at radius 2 is 1.95 bits per heavy atom. The van der Waals surface area contributed by atoms with Crippen LogP contribution in [-0.4, -0.2) is 30.4 Å². The molecular formula is C18H25N3O. The normalized spacial score (nSPS) is 16.5. The van der Waals surface area contributed by atoms with Gasteiger partial charge in [-0.3, -0.25) is 4.79 Å². The summed E-state index contributed by atoms with van der Waals surface area (Å²) in [4.78, 5) is 14.6. The van der Waals surface area contributed by atoms with E-state index in [1.165, 1.54) is 5.56 Å². The van der Waals surface area contributed by atoms with E-state index in [9.17, 15) is 4.79 Å². The molecule has 2 rings (SSSR count). The van der Waals surface area contributed by atoms with Crippen molar-refractivity contribution in [3.05, 3.63) is 29.8 Å². The van der Waals surface area contributed by atoms with E-state index in [0.29, 0.717) is 12.3 Å². The number of hydrogen-bond acceptors (Lipinski definition) is 3. The van der Waals surface area contributed by atoms with E-state index in [2.05, 4.69) is 42.3 Å². The Kier molecular flexibility index (Phi) is 5.97.